The standard InChI is InChI=1S/C21H22ClNO3/c1-14-17(7-4-8-19(14)22)20(24)23-11-9-15(10-12-23)13-16-5-2-3-6-18(16)21(25)26/h2-8,15H,9-13H2,1H3,(H,25,26). The van der Waals surface area contributed by atoms with Crippen LogP contribution in [0.3, 0.4) is 0 Å². The first-order valence-corrected chi connectivity index (χ1v) is 9.20. The fourth-order valence-electron chi connectivity index (χ4n) is 3.57. The Balaban J connectivity index is 1.64. The molecule has 1 fully saturated rings. The summed E-state index contributed by atoms with van der Waals surface area (Å²) in [5.41, 5.74) is 2.72. The Bertz CT molecular complexity index is 826. The average Bonchev–Trinajstić information content (AvgIpc) is 2.64. The average molecular weight is 372 g/mol. The lowest BCUT2D eigenvalue weighted by atomic mass is 9.88. The fourth-order valence-corrected chi connectivity index (χ4v) is 3.74. The van der Waals surface area contributed by atoms with Gasteiger partial charge in [0.25, 0.3) is 5.91 Å². The van der Waals surface area contributed by atoms with Crippen LogP contribution < -0.4 is 0 Å². The third-order valence-electron chi connectivity index (χ3n) is 5.16. The molecule has 26 heavy (non-hydrogen) atoms. The highest BCUT2D eigenvalue weighted by molar-refractivity contribution is 6.31. The number of benzene rings is 2. The molecule has 1 amide bonds. The van der Waals surface area contributed by atoms with Crippen molar-refractivity contribution < 1.29 is 14.7 Å². The summed E-state index contributed by atoms with van der Waals surface area (Å²) in [5, 5.41) is 9.93. The monoisotopic (exact) mass is 371 g/mol. The van der Waals surface area contributed by atoms with Gasteiger partial charge in [-0.05, 0) is 61.4 Å². The molecule has 136 valence electrons. The van der Waals surface area contributed by atoms with Gasteiger partial charge < -0.3 is 10.0 Å². The molecule has 0 saturated carbocycles. The molecule has 1 saturated heterocycles. The number of carboxylic acids is 1. The second kappa shape index (κ2) is 7.92. The second-order valence-corrected chi connectivity index (χ2v) is 7.22. The molecule has 0 atom stereocenters. The zero-order chi connectivity index (χ0) is 18.7. The van der Waals surface area contributed by atoms with E-state index in [4.69, 9.17) is 11.6 Å². The van der Waals surface area contributed by atoms with Crippen molar-refractivity contribution in [2.45, 2.75) is 26.2 Å². The topological polar surface area (TPSA) is 57.6 Å². The minimum Gasteiger partial charge on any atom is -0.478 e. The molecule has 0 bridgehead atoms. The predicted octanol–water partition coefficient (Wildman–Crippen LogP) is 4.44. The Morgan fingerprint density at radius 2 is 1.73 bits per heavy atom. The highest BCUT2D eigenvalue weighted by atomic mass is 35.5. The van der Waals surface area contributed by atoms with Gasteiger partial charge in [-0.2, -0.15) is 0 Å². The van der Waals surface area contributed by atoms with E-state index in [0.29, 0.717) is 35.2 Å². The Labute approximate surface area is 158 Å². The van der Waals surface area contributed by atoms with Crippen molar-refractivity contribution in [3.8, 4) is 0 Å². The maximum atomic E-state index is 12.8. The normalized spacial score (nSPS) is 15.1. The van der Waals surface area contributed by atoms with Crippen molar-refractivity contribution in [3.63, 3.8) is 0 Å². The van der Waals surface area contributed by atoms with Crippen molar-refractivity contribution >= 4 is 23.5 Å². The van der Waals surface area contributed by atoms with Gasteiger partial charge in [0.05, 0.1) is 5.56 Å². The lowest BCUT2D eigenvalue weighted by Gasteiger charge is -2.32. The molecule has 0 aromatic heterocycles. The van der Waals surface area contributed by atoms with E-state index in [1.807, 2.05) is 30.0 Å². The molecule has 5 heteroatoms. The molecule has 4 nitrogen and oxygen atoms in total. The first-order valence-electron chi connectivity index (χ1n) is 8.83. The van der Waals surface area contributed by atoms with Crippen LogP contribution in [0.2, 0.25) is 5.02 Å². The zero-order valence-electron chi connectivity index (χ0n) is 14.7. The van der Waals surface area contributed by atoms with E-state index in [0.717, 1.165) is 30.4 Å². The predicted molar refractivity (Wildman–Crippen MR) is 102 cm³/mol. The van der Waals surface area contributed by atoms with Crippen molar-refractivity contribution in [1.82, 2.24) is 4.90 Å². The molecule has 0 radical (unpaired) electrons. The molecule has 3 rings (SSSR count). The van der Waals surface area contributed by atoms with E-state index in [2.05, 4.69) is 0 Å². The molecule has 0 aliphatic carbocycles. The quantitative estimate of drug-likeness (QED) is 0.864. The van der Waals surface area contributed by atoms with Crippen LogP contribution in [0.25, 0.3) is 0 Å². The van der Waals surface area contributed by atoms with Crippen LogP contribution in [0.15, 0.2) is 42.5 Å². The molecule has 1 N–H and O–H groups in total. The van der Waals surface area contributed by atoms with Crippen molar-refractivity contribution in [1.29, 1.82) is 0 Å². The molecule has 2 aromatic carbocycles. The maximum Gasteiger partial charge on any atom is 0.335 e. The molecule has 1 aliphatic rings. The van der Waals surface area contributed by atoms with Crippen LogP contribution in [0, 0.1) is 12.8 Å². The summed E-state index contributed by atoms with van der Waals surface area (Å²) in [6.45, 7) is 3.24. The lowest BCUT2D eigenvalue weighted by molar-refractivity contribution is 0.0689. The number of likely N-dealkylation sites (tertiary alicyclic amines) is 1. The van der Waals surface area contributed by atoms with Gasteiger partial charge in [0, 0.05) is 23.7 Å². The molecular formula is C21H22ClNO3. The highest BCUT2D eigenvalue weighted by Crippen LogP contribution is 2.26. The molecule has 2 aromatic rings. The third-order valence-corrected chi connectivity index (χ3v) is 5.57. The number of carbonyl (C=O) groups excluding carboxylic acids is 1. The number of carboxylic acid groups (broad SMARTS) is 1. The van der Waals surface area contributed by atoms with E-state index < -0.39 is 5.97 Å². The number of aromatic carboxylic acids is 1. The smallest absolute Gasteiger partial charge is 0.335 e. The highest BCUT2D eigenvalue weighted by Gasteiger charge is 2.25. The Morgan fingerprint density at radius 3 is 2.42 bits per heavy atom. The van der Waals surface area contributed by atoms with Gasteiger partial charge in [-0.1, -0.05) is 35.9 Å². The Morgan fingerprint density at radius 1 is 1.08 bits per heavy atom. The van der Waals surface area contributed by atoms with Gasteiger partial charge in [-0.15, -0.1) is 0 Å². The summed E-state index contributed by atoms with van der Waals surface area (Å²) < 4.78 is 0. The van der Waals surface area contributed by atoms with Gasteiger partial charge >= 0.3 is 5.97 Å². The molecule has 1 heterocycles. The van der Waals surface area contributed by atoms with Crippen molar-refractivity contribution in [2.75, 3.05) is 13.1 Å². The Hall–Kier alpha value is -2.33. The first kappa shape index (κ1) is 18.5. The van der Waals surface area contributed by atoms with Crippen LogP contribution in [0.1, 0.15) is 44.7 Å². The number of hydrogen-bond donors (Lipinski definition) is 1. The van der Waals surface area contributed by atoms with Crippen LogP contribution >= 0.6 is 11.6 Å². The maximum absolute atomic E-state index is 12.8. The number of piperidine rings is 1. The summed E-state index contributed by atoms with van der Waals surface area (Å²) in [4.78, 5) is 26.0. The Kier molecular flexibility index (Phi) is 5.62. The molecule has 1 aliphatic heterocycles. The molecule has 0 spiro atoms. The summed E-state index contributed by atoms with van der Waals surface area (Å²) in [5.74, 6) is -0.473. The number of carbonyl (C=O) groups is 2. The van der Waals surface area contributed by atoms with Gasteiger partial charge in [0.2, 0.25) is 0 Å². The van der Waals surface area contributed by atoms with Crippen LogP contribution in [0.5, 0.6) is 0 Å². The number of hydrogen-bond acceptors (Lipinski definition) is 2. The van der Waals surface area contributed by atoms with Crippen LogP contribution in [0.4, 0.5) is 0 Å². The van der Waals surface area contributed by atoms with Crippen LogP contribution in [-0.2, 0) is 6.42 Å². The van der Waals surface area contributed by atoms with Gasteiger partial charge in [0.15, 0.2) is 0 Å². The van der Waals surface area contributed by atoms with Gasteiger partial charge in [-0.25, -0.2) is 4.79 Å². The van der Waals surface area contributed by atoms with Gasteiger partial charge in [0.1, 0.15) is 0 Å². The fraction of sp³-hybridized carbons (Fsp3) is 0.333. The SMILES string of the molecule is Cc1c(Cl)cccc1C(=O)N1CCC(Cc2ccccc2C(=O)O)CC1. The summed E-state index contributed by atoms with van der Waals surface area (Å²) in [6.07, 6.45) is 2.49. The summed E-state index contributed by atoms with van der Waals surface area (Å²) in [7, 11) is 0. The largest absolute Gasteiger partial charge is 0.478 e. The number of rotatable bonds is 4. The third kappa shape index (κ3) is 3.91. The minimum absolute atomic E-state index is 0.0226. The first-order chi connectivity index (χ1) is 12.5. The number of nitrogens with zero attached hydrogens (tertiary/aromatic N) is 1. The lowest BCUT2D eigenvalue weighted by Crippen LogP contribution is -2.39. The second-order valence-electron chi connectivity index (χ2n) is 6.81. The van der Waals surface area contributed by atoms with Crippen molar-refractivity contribution in [3.05, 3.63) is 69.7 Å². The van der Waals surface area contributed by atoms with E-state index in [1.165, 1.54) is 0 Å². The van der Waals surface area contributed by atoms with E-state index >= 15 is 0 Å². The summed E-state index contributed by atoms with van der Waals surface area (Å²) >= 11 is 6.13. The molecule has 0 unspecified atom stereocenters. The van der Waals surface area contributed by atoms with E-state index in [-0.39, 0.29) is 5.91 Å². The minimum atomic E-state index is -0.885. The zero-order valence-corrected chi connectivity index (χ0v) is 15.5. The van der Waals surface area contributed by atoms with Crippen molar-refractivity contribution in [2.24, 2.45) is 5.92 Å². The number of halogens is 1. The summed E-state index contributed by atoms with van der Waals surface area (Å²) in [6, 6.07) is 12.6. The molecular weight excluding hydrogens is 350 g/mol. The van der Waals surface area contributed by atoms with E-state index in [1.54, 1.807) is 24.3 Å². The number of amides is 1. The van der Waals surface area contributed by atoms with Crippen LogP contribution in [-0.4, -0.2) is 35.0 Å². The van der Waals surface area contributed by atoms with Gasteiger partial charge in [-0.3, -0.25) is 4.79 Å². The van der Waals surface area contributed by atoms with E-state index in [9.17, 15) is 14.7 Å².